The van der Waals surface area contributed by atoms with Crippen molar-refractivity contribution in [1.82, 2.24) is 14.8 Å². The number of halogens is 1. The molecule has 0 radical (unpaired) electrons. The molecule has 0 aliphatic rings. The van der Waals surface area contributed by atoms with Gasteiger partial charge in [-0.2, -0.15) is 5.10 Å². The third-order valence-corrected chi connectivity index (χ3v) is 4.34. The van der Waals surface area contributed by atoms with Gasteiger partial charge >= 0.3 is 5.97 Å². The Morgan fingerprint density at radius 3 is 2.77 bits per heavy atom. The number of benzene rings is 1. The fraction of sp³-hybridized carbons (Fsp3) is 0.333. The fourth-order valence-electron chi connectivity index (χ4n) is 2.78. The first kappa shape index (κ1) is 20.0. The van der Waals surface area contributed by atoms with Gasteiger partial charge in [0.05, 0.1) is 24.2 Å². The number of rotatable bonds is 7. The number of carbonyl (C=O) groups is 1. The first-order chi connectivity index (χ1) is 12.4. The zero-order valence-corrected chi connectivity index (χ0v) is 16.7. The van der Waals surface area contributed by atoms with E-state index in [1.54, 1.807) is 24.9 Å². The lowest BCUT2D eigenvalue weighted by Crippen LogP contribution is -2.24. The van der Waals surface area contributed by atoms with Crippen LogP contribution >= 0.6 is 15.9 Å². The van der Waals surface area contributed by atoms with Gasteiger partial charge in [-0.05, 0) is 31.5 Å². The molecule has 1 aromatic carbocycles. The molecular weight excluding hydrogens is 398 g/mol. The van der Waals surface area contributed by atoms with Crippen LogP contribution in [0, 0.1) is 0 Å². The van der Waals surface area contributed by atoms with E-state index in [0.717, 1.165) is 10.2 Å². The van der Waals surface area contributed by atoms with Gasteiger partial charge in [0.25, 0.3) is 0 Å². The van der Waals surface area contributed by atoms with Crippen LogP contribution in [0.4, 0.5) is 0 Å². The van der Waals surface area contributed by atoms with E-state index in [1.807, 2.05) is 31.2 Å². The quantitative estimate of drug-likeness (QED) is 0.405. The number of hydrazine groups is 1. The Bertz CT molecular complexity index is 801. The van der Waals surface area contributed by atoms with E-state index in [0.29, 0.717) is 23.4 Å². The van der Waals surface area contributed by atoms with Gasteiger partial charge in [-0.15, -0.1) is 0 Å². The molecule has 0 aliphatic heterocycles. The predicted octanol–water partition coefficient (Wildman–Crippen LogP) is 2.91. The maximum atomic E-state index is 12.5. The van der Waals surface area contributed by atoms with E-state index in [-0.39, 0.29) is 12.5 Å². The molecule has 0 bridgehead atoms. The number of allylic oxidation sites excluding steroid dienone is 1. The summed E-state index contributed by atoms with van der Waals surface area (Å²) in [7, 11) is 1.69. The molecule has 0 amide bonds. The van der Waals surface area contributed by atoms with Crippen molar-refractivity contribution in [3.63, 3.8) is 0 Å². The van der Waals surface area contributed by atoms with E-state index in [4.69, 9.17) is 16.3 Å². The Morgan fingerprint density at radius 2 is 2.19 bits per heavy atom. The number of ether oxygens (including phenoxy) is 1. The first-order valence-electron chi connectivity index (χ1n) is 8.34. The van der Waals surface area contributed by atoms with Crippen molar-refractivity contribution in [2.45, 2.75) is 26.2 Å². The van der Waals surface area contributed by atoms with Crippen LogP contribution < -0.4 is 11.6 Å². The van der Waals surface area contributed by atoms with Crippen LogP contribution in [-0.2, 0) is 4.74 Å². The third-order valence-electron chi connectivity index (χ3n) is 3.85. The third kappa shape index (κ3) is 4.44. The number of hydrogen-bond donors (Lipinski definition) is 2. The van der Waals surface area contributed by atoms with E-state index in [9.17, 15) is 4.79 Å². The molecule has 0 unspecified atom stereocenters. The minimum Gasteiger partial charge on any atom is -0.462 e. The monoisotopic (exact) mass is 421 g/mol. The molecule has 2 rings (SSSR count). The second-order valence-electron chi connectivity index (χ2n) is 5.81. The van der Waals surface area contributed by atoms with Crippen LogP contribution in [0.1, 0.15) is 42.2 Å². The largest absolute Gasteiger partial charge is 0.462 e. The van der Waals surface area contributed by atoms with Crippen molar-refractivity contribution in [3.8, 4) is 5.69 Å². The zero-order chi connectivity index (χ0) is 19.3. The van der Waals surface area contributed by atoms with Crippen LogP contribution in [0.25, 0.3) is 5.69 Å². The van der Waals surface area contributed by atoms with Gasteiger partial charge < -0.3 is 15.5 Å². The number of carbonyl (C=O) groups excluding carboxylic acids is 1. The minimum atomic E-state index is -0.420. The van der Waals surface area contributed by atoms with Crippen molar-refractivity contribution >= 4 is 21.9 Å². The Hall–Kier alpha value is -2.32. The molecule has 0 saturated heterocycles. The Morgan fingerprint density at radius 1 is 1.46 bits per heavy atom. The van der Waals surface area contributed by atoms with Crippen LogP contribution in [0.3, 0.4) is 0 Å². The predicted molar refractivity (Wildman–Crippen MR) is 104 cm³/mol. The Kier molecular flexibility index (Phi) is 6.82. The summed E-state index contributed by atoms with van der Waals surface area (Å²) in [6.45, 7) is 4.05. The van der Waals surface area contributed by atoms with E-state index in [2.05, 4.69) is 21.0 Å². The van der Waals surface area contributed by atoms with Gasteiger partial charge in [0.2, 0.25) is 0 Å². The standard InChI is InChI=1S/C18H24BrN5O2/c1-4-14(16(20)11-23(3)21)17-15(18(25)26-5-2)10-22-24(17)13-8-6-7-12(19)9-13/h6-11,14H,4-5,20-21H2,1-3H3/b16-11-/t14-/m1/s1. The fourth-order valence-corrected chi connectivity index (χ4v) is 3.17. The summed E-state index contributed by atoms with van der Waals surface area (Å²) in [4.78, 5) is 12.5. The normalized spacial score (nSPS) is 12.7. The lowest BCUT2D eigenvalue weighted by atomic mass is 9.95. The minimum absolute atomic E-state index is 0.248. The maximum Gasteiger partial charge on any atom is 0.341 e. The number of aromatic nitrogens is 2. The molecule has 8 heteroatoms. The molecule has 140 valence electrons. The number of hydrogen-bond acceptors (Lipinski definition) is 6. The SMILES string of the molecule is CCOC(=O)c1cnn(-c2cccc(Br)c2)c1[C@H](CC)/C(N)=C/N(C)N. The second-order valence-corrected chi connectivity index (χ2v) is 6.73. The molecule has 1 atom stereocenters. The maximum absolute atomic E-state index is 12.5. The van der Waals surface area contributed by atoms with E-state index in [1.165, 1.54) is 11.2 Å². The first-order valence-corrected chi connectivity index (χ1v) is 9.14. The van der Waals surface area contributed by atoms with Crippen molar-refractivity contribution in [3.05, 3.63) is 58.1 Å². The summed E-state index contributed by atoms with van der Waals surface area (Å²) >= 11 is 3.47. The summed E-state index contributed by atoms with van der Waals surface area (Å²) in [5.41, 5.74) is 8.71. The molecule has 0 spiro atoms. The molecule has 1 aromatic heterocycles. The van der Waals surface area contributed by atoms with Gasteiger partial charge in [-0.25, -0.2) is 15.3 Å². The average molecular weight is 422 g/mol. The highest BCUT2D eigenvalue weighted by molar-refractivity contribution is 9.10. The molecule has 2 aromatic rings. The van der Waals surface area contributed by atoms with Crippen LogP contribution in [0.15, 0.2) is 46.8 Å². The van der Waals surface area contributed by atoms with Crippen molar-refractivity contribution in [1.29, 1.82) is 0 Å². The number of nitrogens with two attached hydrogens (primary N) is 2. The van der Waals surface area contributed by atoms with Gasteiger partial charge in [0.15, 0.2) is 0 Å². The molecule has 0 fully saturated rings. The lowest BCUT2D eigenvalue weighted by molar-refractivity contribution is 0.0524. The van der Waals surface area contributed by atoms with Crippen molar-refractivity contribution in [2.24, 2.45) is 11.6 Å². The Balaban J connectivity index is 2.65. The van der Waals surface area contributed by atoms with Crippen LogP contribution in [0.2, 0.25) is 0 Å². The van der Waals surface area contributed by atoms with Gasteiger partial charge in [0, 0.05) is 29.3 Å². The van der Waals surface area contributed by atoms with Gasteiger partial charge in [-0.1, -0.05) is 28.9 Å². The average Bonchev–Trinajstić information content (AvgIpc) is 3.00. The second kappa shape index (κ2) is 8.86. The highest BCUT2D eigenvalue weighted by atomic mass is 79.9. The topological polar surface area (TPSA) is 99.4 Å². The molecule has 26 heavy (non-hydrogen) atoms. The summed E-state index contributed by atoms with van der Waals surface area (Å²) in [5.74, 6) is 5.04. The molecular formula is C18H24BrN5O2. The molecule has 0 aliphatic carbocycles. The molecule has 4 N–H and O–H groups in total. The van der Waals surface area contributed by atoms with Gasteiger partial charge in [0.1, 0.15) is 5.56 Å². The highest BCUT2D eigenvalue weighted by Crippen LogP contribution is 2.31. The summed E-state index contributed by atoms with van der Waals surface area (Å²) in [6, 6.07) is 7.67. The Labute approximate surface area is 161 Å². The molecule has 0 saturated carbocycles. The smallest absolute Gasteiger partial charge is 0.341 e. The lowest BCUT2D eigenvalue weighted by Gasteiger charge is -2.20. The summed E-state index contributed by atoms with van der Waals surface area (Å²) < 4.78 is 7.83. The van der Waals surface area contributed by atoms with Crippen molar-refractivity contribution < 1.29 is 9.53 Å². The molecule has 7 nitrogen and oxygen atoms in total. The highest BCUT2D eigenvalue weighted by Gasteiger charge is 2.27. The van der Waals surface area contributed by atoms with Gasteiger partial charge in [-0.3, -0.25) is 0 Å². The molecule has 1 heterocycles. The summed E-state index contributed by atoms with van der Waals surface area (Å²) in [5, 5.41) is 5.82. The van der Waals surface area contributed by atoms with E-state index >= 15 is 0 Å². The number of esters is 1. The van der Waals surface area contributed by atoms with Crippen LogP contribution in [0.5, 0.6) is 0 Å². The van der Waals surface area contributed by atoms with Crippen LogP contribution in [-0.4, -0.2) is 34.4 Å². The summed E-state index contributed by atoms with van der Waals surface area (Å²) in [6.07, 6.45) is 3.83. The number of nitrogens with zero attached hydrogens (tertiary/aromatic N) is 3. The zero-order valence-electron chi connectivity index (χ0n) is 15.1. The van der Waals surface area contributed by atoms with E-state index < -0.39 is 5.97 Å². The van der Waals surface area contributed by atoms with Crippen molar-refractivity contribution in [2.75, 3.05) is 13.7 Å².